The molecule has 0 amide bonds. The SMILES string of the molecule is CC(=O)c1ccc(-c2c(-c3ccc(N4CCNCC4)cc3)n(C)c3nccc(Cl)c23)cc1. The Labute approximate surface area is 192 Å². The van der Waals surface area contributed by atoms with Gasteiger partial charge >= 0.3 is 0 Å². The third-order valence-corrected chi connectivity index (χ3v) is 6.54. The summed E-state index contributed by atoms with van der Waals surface area (Å²) < 4.78 is 2.11. The number of nitrogens with one attached hydrogen (secondary N) is 1. The molecule has 0 spiro atoms. The molecular formula is C26H25ClN4O. The predicted molar refractivity (Wildman–Crippen MR) is 132 cm³/mol. The Morgan fingerprint density at radius 3 is 2.28 bits per heavy atom. The van der Waals surface area contributed by atoms with E-state index in [0.717, 1.165) is 59.6 Å². The van der Waals surface area contributed by atoms with Crippen molar-refractivity contribution in [1.82, 2.24) is 14.9 Å². The van der Waals surface area contributed by atoms with Crippen LogP contribution in [-0.2, 0) is 7.05 Å². The Morgan fingerprint density at radius 1 is 0.969 bits per heavy atom. The maximum Gasteiger partial charge on any atom is 0.159 e. The third-order valence-electron chi connectivity index (χ3n) is 6.22. The monoisotopic (exact) mass is 444 g/mol. The highest BCUT2D eigenvalue weighted by molar-refractivity contribution is 6.37. The molecule has 0 aliphatic carbocycles. The average molecular weight is 445 g/mol. The van der Waals surface area contributed by atoms with E-state index in [2.05, 4.69) is 44.0 Å². The minimum Gasteiger partial charge on any atom is -0.369 e. The summed E-state index contributed by atoms with van der Waals surface area (Å²) >= 11 is 6.67. The van der Waals surface area contributed by atoms with E-state index in [4.69, 9.17) is 11.6 Å². The molecular weight excluding hydrogens is 420 g/mol. The van der Waals surface area contributed by atoms with Crippen molar-refractivity contribution in [3.8, 4) is 22.4 Å². The van der Waals surface area contributed by atoms with E-state index < -0.39 is 0 Å². The summed E-state index contributed by atoms with van der Waals surface area (Å²) in [7, 11) is 2.03. The average Bonchev–Trinajstić information content (AvgIpc) is 3.13. The molecule has 2 aromatic heterocycles. The Bertz CT molecular complexity index is 1290. The second-order valence-corrected chi connectivity index (χ2v) is 8.60. The lowest BCUT2D eigenvalue weighted by Crippen LogP contribution is -2.43. The summed E-state index contributed by atoms with van der Waals surface area (Å²) in [6.45, 7) is 5.63. The number of piperazine rings is 1. The maximum absolute atomic E-state index is 11.8. The zero-order valence-electron chi connectivity index (χ0n) is 18.2. The zero-order chi connectivity index (χ0) is 22.2. The van der Waals surface area contributed by atoms with Gasteiger partial charge in [-0.05, 0) is 36.2 Å². The van der Waals surface area contributed by atoms with Crippen molar-refractivity contribution in [2.75, 3.05) is 31.1 Å². The first-order valence-electron chi connectivity index (χ1n) is 10.8. The number of hydrogen-bond acceptors (Lipinski definition) is 4. The number of carbonyl (C=O) groups excluding carboxylic acids is 1. The third kappa shape index (κ3) is 3.57. The van der Waals surface area contributed by atoms with Crippen LogP contribution in [0.2, 0.25) is 5.02 Å². The molecule has 162 valence electrons. The summed E-state index contributed by atoms with van der Waals surface area (Å²) in [5.74, 6) is 0.0536. The van der Waals surface area contributed by atoms with Gasteiger partial charge in [0, 0.05) is 61.6 Å². The minimum atomic E-state index is 0.0536. The second kappa shape index (κ2) is 8.41. The normalized spacial score (nSPS) is 14.2. The van der Waals surface area contributed by atoms with Gasteiger partial charge < -0.3 is 14.8 Å². The fourth-order valence-corrected chi connectivity index (χ4v) is 4.78. The molecule has 1 saturated heterocycles. The Hall–Kier alpha value is -3.15. The van der Waals surface area contributed by atoms with Gasteiger partial charge in [-0.25, -0.2) is 4.98 Å². The fraction of sp³-hybridized carbons (Fsp3) is 0.231. The Balaban J connectivity index is 1.67. The molecule has 0 bridgehead atoms. The highest BCUT2D eigenvalue weighted by Gasteiger charge is 2.22. The highest BCUT2D eigenvalue weighted by atomic mass is 35.5. The Morgan fingerprint density at radius 2 is 1.62 bits per heavy atom. The standard InChI is InChI=1S/C26H25ClN4O/c1-17(32)18-3-5-19(6-4-18)23-24-22(27)11-12-29-26(24)30(2)25(23)20-7-9-21(10-8-20)31-15-13-28-14-16-31/h3-12,28H,13-16H2,1-2H3. The first-order valence-corrected chi connectivity index (χ1v) is 11.2. The van der Waals surface area contributed by atoms with E-state index >= 15 is 0 Å². The number of fused-ring (bicyclic) bond motifs is 1. The first-order chi connectivity index (χ1) is 15.5. The predicted octanol–water partition coefficient (Wildman–Crippen LogP) is 5.17. The van der Waals surface area contributed by atoms with Crippen LogP contribution in [0.1, 0.15) is 17.3 Å². The van der Waals surface area contributed by atoms with Gasteiger partial charge in [-0.3, -0.25) is 4.79 Å². The van der Waals surface area contributed by atoms with Crippen LogP contribution in [-0.4, -0.2) is 41.5 Å². The van der Waals surface area contributed by atoms with Crippen molar-refractivity contribution in [2.45, 2.75) is 6.92 Å². The van der Waals surface area contributed by atoms with Gasteiger partial charge in [0.2, 0.25) is 0 Å². The van der Waals surface area contributed by atoms with E-state index in [1.54, 1.807) is 13.1 Å². The van der Waals surface area contributed by atoms with E-state index in [9.17, 15) is 4.79 Å². The van der Waals surface area contributed by atoms with Gasteiger partial charge in [0.15, 0.2) is 5.78 Å². The van der Waals surface area contributed by atoms with Crippen molar-refractivity contribution < 1.29 is 4.79 Å². The Kier molecular flexibility index (Phi) is 5.45. The van der Waals surface area contributed by atoms with Gasteiger partial charge in [0.05, 0.1) is 10.7 Å². The number of Topliss-reactive ketones (excluding diaryl/α,β-unsaturated/α-hetero) is 1. The lowest BCUT2D eigenvalue weighted by molar-refractivity contribution is 0.101. The summed E-state index contributed by atoms with van der Waals surface area (Å²) in [6.07, 6.45) is 1.74. The molecule has 0 atom stereocenters. The second-order valence-electron chi connectivity index (χ2n) is 8.19. The zero-order valence-corrected chi connectivity index (χ0v) is 19.0. The topological polar surface area (TPSA) is 50.2 Å². The molecule has 5 nitrogen and oxygen atoms in total. The molecule has 6 heteroatoms. The number of rotatable bonds is 4. The number of aryl methyl sites for hydroxylation is 1. The van der Waals surface area contributed by atoms with Gasteiger partial charge in [0.25, 0.3) is 0 Å². The smallest absolute Gasteiger partial charge is 0.159 e. The number of hydrogen-bond donors (Lipinski definition) is 1. The minimum absolute atomic E-state index is 0.0536. The van der Waals surface area contributed by atoms with Crippen LogP contribution in [0.15, 0.2) is 60.8 Å². The van der Waals surface area contributed by atoms with Gasteiger partial charge in [-0.2, -0.15) is 0 Å². The molecule has 0 unspecified atom stereocenters. The summed E-state index contributed by atoms with van der Waals surface area (Å²) in [5.41, 5.74) is 6.97. The molecule has 1 fully saturated rings. The van der Waals surface area contributed by atoms with E-state index in [0.29, 0.717) is 10.6 Å². The number of anilines is 1. The van der Waals surface area contributed by atoms with Gasteiger partial charge in [0.1, 0.15) is 5.65 Å². The molecule has 4 aromatic rings. The molecule has 1 N–H and O–H groups in total. The summed E-state index contributed by atoms with van der Waals surface area (Å²) in [4.78, 5) is 18.8. The van der Waals surface area contributed by atoms with Crippen LogP contribution in [0.3, 0.4) is 0 Å². The first kappa shape index (κ1) is 20.7. The van der Waals surface area contributed by atoms with Crippen LogP contribution in [0.5, 0.6) is 0 Å². The number of aromatic nitrogens is 2. The molecule has 0 saturated carbocycles. The number of halogens is 1. The molecule has 0 radical (unpaired) electrons. The lowest BCUT2D eigenvalue weighted by Gasteiger charge is -2.29. The number of ketones is 1. The lowest BCUT2D eigenvalue weighted by atomic mass is 9.97. The highest BCUT2D eigenvalue weighted by Crippen LogP contribution is 2.42. The van der Waals surface area contributed by atoms with E-state index in [1.165, 1.54) is 5.69 Å². The maximum atomic E-state index is 11.8. The van der Waals surface area contributed by atoms with Crippen molar-refractivity contribution >= 4 is 34.1 Å². The number of pyridine rings is 1. The molecule has 2 aromatic carbocycles. The van der Waals surface area contributed by atoms with Gasteiger partial charge in [-0.1, -0.05) is 48.0 Å². The largest absolute Gasteiger partial charge is 0.369 e. The fourth-order valence-electron chi connectivity index (χ4n) is 4.55. The number of benzene rings is 2. The van der Waals surface area contributed by atoms with Gasteiger partial charge in [-0.15, -0.1) is 0 Å². The van der Waals surface area contributed by atoms with Crippen molar-refractivity contribution in [3.63, 3.8) is 0 Å². The van der Waals surface area contributed by atoms with Crippen LogP contribution in [0.4, 0.5) is 5.69 Å². The van der Waals surface area contributed by atoms with Crippen molar-refractivity contribution in [1.29, 1.82) is 0 Å². The van der Waals surface area contributed by atoms with E-state index in [-0.39, 0.29) is 5.78 Å². The molecule has 1 aliphatic rings. The summed E-state index contributed by atoms with van der Waals surface area (Å²) in [6, 6.07) is 18.3. The van der Waals surface area contributed by atoms with Crippen LogP contribution in [0, 0.1) is 0 Å². The molecule has 3 heterocycles. The number of carbonyl (C=O) groups is 1. The number of nitrogens with zero attached hydrogens (tertiary/aromatic N) is 3. The molecule has 32 heavy (non-hydrogen) atoms. The van der Waals surface area contributed by atoms with Crippen molar-refractivity contribution in [2.24, 2.45) is 7.05 Å². The van der Waals surface area contributed by atoms with Crippen molar-refractivity contribution in [3.05, 3.63) is 71.4 Å². The molecule has 1 aliphatic heterocycles. The summed E-state index contributed by atoms with van der Waals surface area (Å²) in [5, 5.41) is 4.99. The van der Waals surface area contributed by atoms with E-state index in [1.807, 2.05) is 37.4 Å². The van der Waals surface area contributed by atoms with Crippen LogP contribution in [0.25, 0.3) is 33.4 Å². The van der Waals surface area contributed by atoms with Crippen LogP contribution >= 0.6 is 11.6 Å². The molecule has 5 rings (SSSR count). The quantitative estimate of drug-likeness (QED) is 0.441. The van der Waals surface area contributed by atoms with Crippen LogP contribution < -0.4 is 10.2 Å².